The summed E-state index contributed by atoms with van der Waals surface area (Å²) < 4.78 is 37.6. The molecule has 2 aliphatic heterocycles. The molecule has 0 spiro atoms. The van der Waals surface area contributed by atoms with E-state index in [1.165, 1.54) is 7.11 Å². The molecule has 144 valence electrons. The molecule has 7 nitrogen and oxygen atoms in total. The topological polar surface area (TPSA) is 76.2 Å². The second-order valence-electron chi connectivity index (χ2n) is 6.88. The molecule has 2 fully saturated rings. The highest BCUT2D eigenvalue weighted by Gasteiger charge is 2.47. The predicted octanol–water partition coefficient (Wildman–Crippen LogP) is 1.09. The smallest absolute Gasteiger partial charge is 0.248 e. The Balaban J connectivity index is 1.68. The number of rotatable bonds is 5. The van der Waals surface area contributed by atoms with Crippen molar-refractivity contribution >= 4 is 15.9 Å². The summed E-state index contributed by atoms with van der Waals surface area (Å²) in [5.41, 5.74) is 0.947. The Morgan fingerprint density at radius 1 is 1.15 bits per heavy atom. The van der Waals surface area contributed by atoms with Crippen molar-refractivity contribution in [3.05, 3.63) is 29.8 Å². The van der Waals surface area contributed by atoms with Crippen LogP contribution in [0, 0.1) is 5.92 Å². The Morgan fingerprint density at radius 2 is 1.85 bits per heavy atom. The summed E-state index contributed by atoms with van der Waals surface area (Å²) in [6.07, 6.45) is 1.19. The highest BCUT2D eigenvalue weighted by atomic mass is 32.2. The van der Waals surface area contributed by atoms with E-state index in [4.69, 9.17) is 9.47 Å². The van der Waals surface area contributed by atoms with Gasteiger partial charge in [0.2, 0.25) is 15.9 Å². The maximum absolute atomic E-state index is 13.0. The summed E-state index contributed by atoms with van der Waals surface area (Å²) in [5.74, 6) is 0.752. The Kier molecular flexibility index (Phi) is 5.84. The number of likely N-dealkylation sites (tertiary alicyclic amines) is 1. The lowest BCUT2D eigenvalue weighted by atomic mass is 10.0. The molecule has 1 aromatic rings. The number of carbonyl (C=O) groups excluding carboxylic acids is 1. The lowest BCUT2D eigenvalue weighted by Crippen LogP contribution is -2.36. The van der Waals surface area contributed by atoms with Crippen LogP contribution in [0.2, 0.25) is 0 Å². The molecule has 0 N–H and O–H groups in total. The van der Waals surface area contributed by atoms with Crippen molar-refractivity contribution in [2.75, 3.05) is 40.5 Å². The summed E-state index contributed by atoms with van der Waals surface area (Å²) in [4.78, 5) is 13.7. The number of methoxy groups -OCH3 is 2. The number of carbonyl (C=O) groups is 1. The van der Waals surface area contributed by atoms with Gasteiger partial charge in [0.05, 0.1) is 12.4 Å². The maximum Gasteiger partial charge on any atom is 0.248 e. The monoisotopic (exact) mass is 382 g/mol. The molecule has 0 bridgehead atoms. The van der Waals surface area contributed by atoms with Gasteiger partial charge in [-0.25, -0.2) is 8.42 Å². The first-order valence-corrected chi connectivity index (χ1v) is 10.3. The number of hydrogen-bond donors (Lipinski definition) is 0. The van der Waals surface area contributed by atoms with Crippen molar-refractivity contribution in [2.45, 2.75) is 24.6 Å². The Bertz CT molecular complexity index is 734. The van der Waals surface area contributed by atoms with Crippen LogP contribution in [0.1, 0.15) is 18.4 Å². The summed E-state index contributed by atoms with van der Waals surface area (Å²) in [7, 11) is -0.256. The molecule has 3 rings (SSSR count). The largest absolute Gasteiger partial charge is 0.497 e. The van der Waals surface area contributed by atoms with E-state index in [0.29, 0.717) is 39.0 Å². The Labute approximate surface area is 154 Å². The van der Waals surface area contributed by atoms with Gasteiger partial charge < -0.3 is 14.4 Å². The average Bonchev–Trinajstić information content (AvgIpc) is 2.78. The van der Waals surface area contributed by atoms with Crippen LogP contribution in [0.4, 0.5) is 0 Å². The van der Waals surface area contributed by atoms with Gasteiger partial charge in [0.15, 0.2) is 0 Å². The van der Waals surface area contributed by atoms with Crippen LogP contribution in [-0.4, -0.2) is 69.2 Å². The van der Waals surface area contributed by atoms with E-state index in [-0.39, 0.29) is 18.4 Å². The molecular weight excluding hydrogens is 356 g/mol. The molecule has 0 saturated carbocycles. The zero-order valence-electron chi connectivity index (χ0n) is 15.3. The average molecular weight is 382 g/mol. The van der Waals surface area contributed by atoms with Crippen LogP contribution in [0.5, 0.6) is 5.75 Å². The maximum atomic E-state index is 13.0. The lowest BCUT2D eigenvalue weighted by molar-refractivity contribution is -0.135. The van der Waals surface area contributed by atoms with Gasteiger partial charge in [-0.15, -0.1) is 0 Å². The van der Waals surface area contributed by atoms with Crippen LogP contribution < -0.4 is 4.74 Å². The minimum absolute atomic E-state index is 0.0473. The van der Waals surface area contributed by atoms with Gasteiger partial charge >= 0.3 is 0 Å². The summed E-state index contributed by atoms with van der Waals surface area (Å²) in [5, 5.41) is -0.402. The van der Waals surface area contributed by atoms with Gasteiger partial charge in [-0.2, -0.15) is 4.31 Å². The summed E-state index contributed by atoms with van der Waals surface area (Å²) in [6, 6.07) is 7.48. The van der Waals surface area contributed by atoms with E-state index < -0.39 is 15.3 Å². The van der Waals surface area contributed by atoms with Gasteiger partial charge in [-0.05, 0) is 36.5 Å². The highest BCUT2D eigenvalue weighted by molar-refractivity contribution is 7.90. The van der Waals surface area contributed by atoms with E-state index in [2.05, 4.69) is 0 Å². The fourth-order valence-corrected chi connectivity index (χ4v) is 6.07. The van der Waals surface area contributed by atoms with Crippen LogP contribution in [-0.2, 0) is 26.1 Å². The van der Waals surface area contributed by atoms with Crippen molar-refractivity contribution in [3.63, 3.8) is 0 Å². The first-order chi connectivity index (χ1) is 12.5. The van der Waals surface area contributed by atoms with Crippen LogP contribution >= 0.6 is 0 Å². The molecule has 0 unspecified atom stereocenters. The van der Waals surface area contributed by atoms with Crippen molar-refractivity contribution < 1.29 is 22.7 Å². The van der Waals surface area contributed by atoms with Gasteiger partial charge in [0, 0.05) is 33.3 Å². The van der Waals surface area contributed by atoms with Crippen molar-refractivity contribution in [2.24, 2.45) is 5.92 Å². The quantitative estimate of drug-likeness (QED) is 0.762. The van der Waals surface area contributed by atoms with E-state index in [9.17, 15) is 13.2 Å². The number of fused-ring (bicyclic) bond motifs is 1. The fraction of sp³-hybridized carbons (Fsp3) is 0.611. The Morgan fingerprint density at radius 3 is 2.50 bits per heavy atom. The van der Waals surface area contributed by atoms with Crippen molar-refractivity contribution in [3.8, 4) is 5.75 Å². The van der Waals surface area contributed by atoms with E-state index in [1.807, 2.05) is 24.3 Å². The first kappa shape index (κ1) is 19.1. The fourth-order valence-electron chi connectivity index (χ4n) is 3.85. The standard InChI is InChI=1S/C18H26N2O5S/c1-24-13-18(21)19-9-7-15-12-20(26(22,23)17(15)8-10-19)11-14-3-5-16(25-2)6-4-14/h3-6,15,17H,7-13H2,1-2H3/t15-,17-/m1/s1. The third-order valence-corrected chi connectivity index (χ3v) is 7.68. The predicted molar refractivity (Wildman–Crippen MR) is 97.3 cm³/mol. The zero-order chi connectivity index (χ0) is 18.7. The summed E-state index contributed by atoms with van der Waals surface area (Å²) >= 11 is 0. The molecular formula is C18H26N2O5S. The normalized spacial score (nSPS) is 25.5. The second-order valence-corrected chi connectivity index (χ2v) is 9.03. The number of amides is 1. The molecule has 2 heterocycles. The third-order valence-electron chi connectivity index (χ3n) is 5.30. The van der Waals surface area contributed by atoms with E-state index in [0.717, 1.165) is 11.3 Å². The van der Waals surface area contributed by atoms with Gasteiger partial charge in [0.25, 0.3) is 0 Å². The molecule has 1 amide bonds. The first-order valence-electron chi connectivity index (χ1n) is 8.84. The molecule has 2 aliphatic rings. The molecule has 0 aliphatic carbocycles. The van der Waals surface area contributed by atoms with Crippen molar-refractivity contribution in [1.82, 2.24) is 9.21 Å². The molecule has 0 radical (unpaired) electrons. The molecule has 8 heteroatoms. The second kappa shape index (κ2) is 7.94. The number of sulfonamides is 1. The van der Waals surface area contributed by atoms with Crippen LogP contribution in [0.3, 0.4) is 0 Å². The molecule has 1 aromatic carbocycles. The molecule has 2 saturated heterocycles. The molecule has 2 atom stereocenters. The minimum Gasteiger partial charge on any atom is -0.497 e. The zero-order valence-corrected chi connectivity index (χ0v) is 16.1. The SMILES string of the molecule is COCC(=O)N1CC[C@@H]2CN(Cc3ccc(OC)cc3)S(=O)(=O)[C@@H]2CC1. The number of hydrogen-bond acceptors (Lipinski definition) is 5. The van der Waals surface area contributed by atoms with Gasteiger partial charge in [-0.1, -0.05) is 12.1 Å². The van der Waals surface area contributed by atoms with Crippen molar-refractivity contribution in [1.29, 1.82) is 0 Å². The van der Waals surface area contributed by atoms with Crippen LogP contribution in [0.15, 0.2) is 24.3 Å². The summed E-state index contributed by atoms with van der Waals surface area (Å²) in [6.45, 7) is 2.01. The Hall–Kier alpha value is -1.64. The third kappa shape index (κ3) is 3.87. The number of benzene rings is 1. The molecule has 26 heavy (non-hydrogen) atoms. The van der Waals surface area contributed by atoms with E-state index >= 15 is 0 Å². The van der Waals surface area contributed by atoms with Gasteiger partial charge in [-0.3, -0.25) is 4.79 Å². The molecule has 0 aromatic heterocycles. The number of ether oxygens (including phenoxy) is 2. The number of nitrogens with zero attached hydrogens (tertiary/aromatic N) is 2. The minimum atomic E-state index is -3.35. The lowest BCUT2D eigenvalue weighted by Gasteiger charge is -2.22. The highest BCUT2D eigenvalue weighted by Crippen LogP contribution is 2.35. The van der Waals surface area contributed by atoms with Crippen LogP contribution in [0.25, 0.3) is 0 Å². The van der Waals surface area contributed by atoms with E-state index in [1.54, 1.807) is 16.3 Å². The van der Waals surface area contributed by atoms with Gasteiger partial charge in [0.1, 0.15) is 12.4 Å².